The molecule has 13 rings (SSSR count). The maximum Gasteiger partial charge on any atom is 0.136 e. The highest BCUT2D eigenvalue weighted by molar-refractivity contribution is 6.16. The average Bonchev–Trinajstić information content (AvgIpc) is 3.99. The van der Waals surface area contributed by atoms with Crippen LogP contribution in [-0.4, -0.2) is 0 Å². The lowest BCUT2D eigenvalue weighted by Gasteiger charge is -2.30. The monoisotopic (exact) mass is 801 g/mol. The summed E-state index contributed by atoms with van der Waals surface area (Å²) in [5.41, 5.74) is 22.3. The molecular weight excluding hydrogens is 763 g/mol. The second-order valence-electron chi connectivity index (χ2n) is 16.8. The standard InChI is InChI=1S/C61H39NO/c1-3-13-40(14-4-1)42-23-30-46(31-24-42)62(47-32-25-43(26-33-47)41-15-5-2-6-16-41)48-34-27-44(28-35-48)45-29-36-55-52(39-45)49-17-7-10-20-53(49)61(55)54-21-11-8-18-50(54)59-56(61)37-38-58-60(59)51-19-9-12-22-57(51)63-58/h1-39H. The van der Waals surface area contributed by atoms with Gasteiger partial charge in [0.1, 0.15) is 11.2 Å². The first-order valence-electron chi connectivity index (χ1n) is 21.7. The van der Waals surface area contributed by atoms with E-state index < -0.39 is 5.41 Å². The van der Waals surface area contributed by atoms with E-state index in [1.807, 2.05) is 0 Å². The molecule has 0 N–H and O–H groups in total. The summed E-state index contributed by atoms with van der Waals surface area (Å²) in [4.78, 5) is 2.35. The van der Waals surface area contributed by atoms with Gasteiger partial charge < -0.3 is 9.32 Å². The van der Waals surface area contributed by atoms with E-state index in [1.165, 1.54) is 83.3 Å². The lowest BCUT2D eigenvalue weighted by Crippen LogP contribution is -2.25. The van der Waals surface area contributed by atoms with Crippen molar-refractivity contribution in [2.24, 2.45) is 0 Å². The minimum absolute atomic E-state index is 0.445. The number of fused-ring (bicyclic) bond motifs is 14. The van der Waals surface area contributed by atoms with Gasteiger partial charge in [0.2, 0.25) is 0 Å². The Labute approximate surface area is 366 Å². The molecule has 0 amide bonds. The molecule has 63 heavy (non-hydrogen) atoms. The molecule has 1 unspecified atom stereocenters. The molecule has 1 spiro atoms. The van der Waals surface area contributed by atoms with Crippen LogP contribution >= 0.6 is 0 Å². The van der Waals surface area contributed by atoms with Crippen LogP contribution in [0.5, 0.6) is 0 Å². The van der Waals surface area contributed by atoms with E-state index in [0.29, 0.717) is 0 Å². The molecule has 0 radical (unpaired) electrons. The third-order valence-corrected chi connectivity index (χ3v) is 13.5. The van der Waals surface area contributed by atoms with Crippen molar-refractivity contribution < 1.29 is 4.42 Å². The smallest absolute Gasteiger partial charge is 0.136 e. The van der Waals surface area contributed by atoms with Gasteiger partial charge in [0.25, 0.3) is 0 Å². The topological polar surface area (TPSA) is 16.4 Å². The van der Waals surface area contributed by atoms with Crippen molar-refractivity contribution in [1.29, 1.82) is 0 Å². The molecule has 0 saturated heterocycles. The quantitative estimate of drug-likeness (QED) is 0.167. The van der Waals surface area contributed by atoms with Crippen LogP contribution in [-0.2, 0) is 5.41 Å². The molecule has 2 aliphatic carbocycles. The first-order chi connectivity index (χ1) is 31.2. The molecule has 0 fully saturated rings. The maximum atomic E-state index is 6.46. The summed E-state index contributed by atoms with van der Waals surface area (Å²) in [6.07, 6.45) is 0. The van der Waals surface area contributed by atoms with Crippen molar-refractivity contribution in [2.75, 3.05) is 4.90 Å². The van der Waals surface area contributed by atoms with Crippen molar-refractivity contribution in [3.05, 3.63) is 259 Å². The molecule has 1 aromatic heterocycles. The highest BCUT2D eigenvalue weighted by Gasteiger charge is 2.52. The predicted molar refractivity (Wildman–Crippen MR) is 261 cm³/mol. The van der Waals surface area contributed by atoms with Gasteiger partial charge in [-0.1, -0.05) is 182 Å². The molecule has 1 atom stereocenters. The molecule has 0 saturated carbocycles. The van der Waals surface area contributed by atoms with Crippen LogP contribution in [0, 0.1) is 0 Å². The third-order valence-electron chi connectivity index (χ3n) is 13.5. The number of para-hydroxylation sites is 1. The summed E-state index contributed by atoms with van der Waals surface area (Å²) in [6, 6.07) is 86.2. The van der Waals surface area contributed by atoms with Crippen molar-refractivity contribution in [3.63, 3.8) is 0 Å². The number of anilines is 3. The molecule has 0 bridgehead atoms. The summed E-state index contributed by atoms with van der Waals surface area (Å²) in [6.45, 7) is 0. The predicted octanol–water partition coefficient (Wildman–Crippen LogP) is 16.4. The molecule has 2 nitrogen and oxygen atoms in total. The zero-order valence-corrected chi connectivity index (χ0v) is 34.4. The Morgan fingerprint density at radius 1 is 0.302 bits per heavy atom. The van der Waals surface area contributed by atoms with Crippen molar-refractivity contribution in [1.82, 2.24) is 0 Å². The highest BCUT2D eigenvalue weighted by Crippen LogP contribution is 2.64. The Balaban J connectivity index is 0.920. The molecule has 10 aromatic carbocycles. The Hall–Kier alpha value is -8.20. The van der Waals surface area contributed by atoms with E-state index in [0.717, 1.165) is 33.6 Å². The van der Waals surface area contributed by atoms with Gasteiger partial charge in [-0.2, -0.15) is 0 Å². The van der Waals surface area contributed by atoms with E-state index >= 15 is 0 Å². The van der Waals surface area contributed by atoms with E-state index in [4.69, 9.17) is 4.42 Å². The van der Waals surface area contributed by atoms with Crippen LogP contribution in [0.25, 0.3) is 77.6 Å². The molecule has 1 heterocycles. The molecule has 0 aliphatic heterocycles. The second kappa shape index (κ2) is 13.9. The highest BCUT2D eigenvalue weighted by atomic mass is 16.3. The Bertz CT molecular complexity index is 3450. The van der Waals surface area contributed by atoms with E-state index in [-0.39, 0.29) is 0 Å². The van der Waals surface area contributed by atoms with Crippen LogP contribution < -0.4 is 4.90 Å². The van der Waals surface area contributed by atoms with Gasteiger partial charge in [-0.05, 0) is 132 Å². The number of benzene rings is 10. The summed E-state index contributed by atoms with van der Waals surface area (Å²) in [7, 11) is 0. The summed E-state index contributed by atoms with van der Waals surface area (Å²) in [5.74, 6) is 0. The Morgan fingerprint density at radius 3 is 1.37 bits per heavy atom. The molecule has 2 heteroatoms. The second-order valence-corrected chi connectivity index (χ2v) is 16.8. The van der Waals surface area contributed by atoms with E-state index in [2.05, 4.69) is 241 Å². The number of nitrogens with zero attached hydrogens (tertiary/aromatic N) is 1. The average molecular weight is 802 g/mol. The Kier molecular flexibility index (Phi) is 7.85. The lowest BCUT2D eigenvalue weighted by atomic mass is 9.70. The van der Waals surface area contributed by atoms with Crippen LogP contribution in [0.1, 0.15) is 22.3 Å². The minimum Gasteiger partial charge on any atom is -0.456 e. The maximum absolute atomic E-state index is 6.46. The van der Waals surface area contributed by atoms with Crippen LogP contribution in [0.15, 0.2) is 241 Å². The number of hydrogen-bond acceptors (Lipinski definition) is 2. The number of rotatable bonds is 6. The summed E-state index contributed by atoms with van der Waals surface area (Å²) in [5, 5.41) is 2.36. The van der Waals surface area contributed by atoms with Gasteiger partial charge in [0, 0.05) is 27.8 Å². The minimum atomic E-state index is -0.445. The van der Waals surface area contributed by atoms with E-state index in [9.17, 15) is 0 Å². The van der Waals surface area contributed by atoms with Crippen LogP contribution in [0.4, 0.5) is 17.1 Å². The molecule has 11 aromatic rings. The van der Waals surface area contributed by atoms with Crippen molar-refractivity contribution >= 4 is 39.0 Å². The normalized spacial score (nSPS) is 14.4. The van der Waals surface area contributed by atoms with Crippen LogP contribution in [0.2, 0.25) is 0 Å². The Morgan fingerprint density at radius 2 is 0.746 bits per heavy atom. The van der Waals surface area contributed by atoms with Gasteiger partial charge >= 0.3 is 0 Å². The summed E-state index contributed by atoms with van der Waals surface area (Å²) < 4.78 is 6.46. The van der Waals surface area contributed by atoms with Gasteiger partial charge in [0.05, 0.1) is 5.41 Å². The number of hydrogen-bond donors (Lipinski definition) is 0. The van der Waals surface area contributed by atoms with Gasteiger partial charge in [-0.25, -0.2) is 0 Å². The lowest BCUT2D eigenvalue weighted by molar-refractivity contribution is 0.668. The number of furan rings is 1. The first-order valence-corrected chi connectivity index (χ1v) is 21.7. The third kappa shape index (κ3) is 5.32. The van der Waals surface area contributed by atoms with E-state index in [1.54, 1.807) is 0 Å². The first kappa shape index (κ1) is 35.5. The van der Waals surface area contributed by atoms with Gasteiger partial charge in [0.15, 0.2) is 0 Å². The molecule has 2 aliphatic rings. The zero-order valence-electron chi connectivity index (χ0n) is 34.4. The van der Waals surface area contributed by atoms with Crippen LogP contribution in [0.3, 0.4) is 0 Å². The van der Waals surface area contributed by atoms with Crippen molar-refractivity contribution in [3.8, 4) is 55.6 Å². The zero-order chi connectivity index (χ0) is 41.5. The fraction of sp³-hybridized carbons (Fsp3) is 0.0164. The largest absolute Gasteiger partial charge is 0.456 e. The van der Waals surface area contributed by atoms with Gasteiger partial charge in [-0.3, -0.25) is 0 Å². The van der Waals surface area contributed by atoms with Gasteiger partial charge in [-0.15, -0.1) is 0 Å². The van der Waals surface area contributed by atoms with Crippen molar-refractivity contribution in [2.45, 2.75) is 5.41 Å². The SMILES string of the molecule is c1ccc(-c2ccc(N(c3ccc(-c4ccccc4)cc3)c3ccc(-c4ccc5c(c4)-c4ccccc4C54c5ccccc5-c5c4ccc4oc6ccccc6c54)cc3)cc2)cc1. The molecular formula is C61H39NO. The molecule has 294 valence electrons. The fourth-order valence-corrected chi connectivity index (χ4v) is 10.7. The fourth-order valence-electron chi connectivity index (χ4n) is 10.7. The summed E-state index contributed by atoms with van der Waals surface area (Å²) >= 11 is 0.